The van der Waals surface area contributed by atoms with E-state index >= 15 is 0 Å². The molecule has 1 saturated carbocycles. The lowest BCUT2D eigenvalue weighted by Gasteiger charge is -2.10. The maximum atomic E-state index is 13.1. The van der Waals surface area contributed by atoms with Crippen LogP contribution >= 0.6 is 0 Å². The van der Waals surface area contributed by atoms with E-state index < -0.39 is 0 Å². The van der Waals surface area contributed by atoms with Crippen molar-refractivity contribution >= 4 is 17.4 Å². The average Bonchev–Trinajstić information content (AvgIpc) is 3.23. The topological polar surface area (TPSA) is 54.0 Å². The van der Waals surface area contributed by atoms with Gasteiger partial charge in [0.15, 0.2) is 0 Å². The van der Waals surface area contributed by atoms with Gasteiger partial charge in [-0.3, -0.25) is 4.79 Å². The summed E-state index contributed by atoms with van der Waals surface area (Å²) in [6, 6.07) is 9.63. The van der Waals surface area contributed by atoms with Gasteiger partial charge < -0.3 is 10.6 Å². The number of aromatic nitrogens is 1. The molecule has 2 aromatic rings. The Hall–Kier alpha value is -2.43. The van der Waals surface area contributed by atoms with Crippen LogP contribution in [0.5, 0.6) is 0 Å². The van der Waals surface area contributed by atoms with E-state index in [-0.39, 0.29) is 11.7 Å². The molecule has 1 aromatic heterocycles. The Morgan fingerprint density at radius 3 is 2.85 bits per heavy atom. The molecule has 0 spiro atoms. The summed E-state index contributed by atoms with van der Waals surface area (Å²) in [6.07, 6.45) is 3.84. The number of carbonyl (C=O) groups is 1. The van der Waals surface area contributed by atoms with Crippen LogP contribution < -0.4 is 10.6 Å². The molecular formula is C15H14FN3O. The number of anilines is 2. The Bertz CT molecular complexity index is 641. The fourth-order valence-electron chi connectivity index (χ4n) is 1.89. The third-order valence-corrected chi connectivity index (χ3v) is 3.05. The van der Waals surface area contributed by atoms with Crippen LogP contribution in [0, 0.1) is 5.82 Å². The van der Waals surface area contributed by atoms with Gasteiger partial charge in [-0.05, 0) is 43.2 Å². The van der Waals surface area contributed by atoms with Gasteiger partial charge in [0.25, 0.3) is 5.91 Å². The Labute approximate surface area is 116 Å². The number of amides is 1. The average molecular weight is 271 g/mol. The van der Waals surface area contributed by atoms with E-state index in [1.165, 1.54) is 12.1 Å². The zero-order valence-electron chi connectivity index (χ0n) is 10.8. The Balaban J connectivity index is 1.79. The summed E-state index contributed by atoms with van der Waals surface area (Å²) < 4.78 is 13.1. The van der Waals surface area contributed by atoms with Crippen molar-refractivity contribution in [3.63, 3.8) is 0 Å². The van der Waals surface area contributed by atoms with Crippen LogP contribution in [-0.4, -0.2) is 16.9 Å². The van der Waals surface area contributed by atoms with E-state index in [2.05, 4.69) is 15.6 Å². The third-order valence-electron chi connectivity index (χ3n) is 3.05. The summed E-state index contributed by atoms with van der Waals surface area (Å²) in [5.41, 5.74) is 0.889. The standard InChI is InChI=1S/C15H14FN3O/c16-10-3-1-4-12(9-10)19-15(20)13-5-2-8-17-14(13)18-11-6-7-11/h1-5,8-9,11H,6-7H2,(H,17,18)(H,19,20). The van der Waals surface area contributed by atoms with Crippen LogP contribution in [0.2, 0.25) is 0 Å². The minimum absolute atomic E-state index is 0.299. The van der Waals surface area contributed by atoms with Crippen molar-refractivity contribution < 1.29 is 9.18 Å². The Morgan fingerprint density at radius 1 is 1.25 bits per heavy atom. The van der Waals surface area contributed by atoms with Crippen LogP contribution in [-0.2, 0) is 0 Å². The lowest BCUT2D eigenvalue weighted by Crippen LogP contribution is -2.16. The van der Waals surface area contributed by atoms with Crippen molar-refractivity contribution in [1.29, 1.82) is 0 Å². The summed E-state index contributed by atoms with van der Waals surface area (Å²) in [4.78, 5) is 16.4. The zero-order valence-corrected chi connectivity index (χ0v) is 10.8. The summed E-state index contributed by atoms with van der Waals surface area (Å²) in [6.45, 7) is 0. The molecule has 2 N–H and O–H groups in total. The predicted molar refractivity (Wildman–Crippen MR) is 75.2 cm³/mol. The molecule has 1 heterocycles. The third kappa shape index (κ3) is 2.93. The summed E-state index contributed by atoms with van der Waals surface area (Å²) in [7, 11) is 0. The van der Waals surface area contributed by atoms with E-state index in [4.69, 9.17) is 0 Å². The molecule has 0 bridgehead atoms. The van der Waals surface area contributed by atoms with Gasteiger partial charge in [-0.25, -0.2) is 9.37 Å². The Kier molecular flexibility index (Phi) is 3.33. The number of hydrogen-bond acceptors (Lipinski definition) is 3. The highest BCUT2D eigenvalue weighted by molar-refractivity contribution is 6.07. The Morgan fingerprint density at radius 2 is 2.10 bits per heavy atom. The van der Waals surface area contributed by atoms with Crippen molar-refractivity contribution in [2.45, 2.75) is 18.9 Å². The lowest BCUT2D eigenvalue weighted by atomic mass is 10.2. The molecule has 1 aromatic carbocycles. The normalized spacial score (nSPS) is 13.8. The van der Waals surface area contributed by atoms with Crippen molar-refractivity contribution in [2.24, 2.45) is 0 Å². The van der Waals surface area contributed by atoms with E-state index in [1.807, 2.05) is 0 Å². The van der Waals surface area contributed by atoms with Gasteiger partial charge >= 0.3 is 0 Å². The number of pyridine rings is 1. The molecule has 102 valence electrons. The molecule has 0 atom stereocenters. The summed E-state index contributed by atoms with van der Waals surface area (Å²) in [5, 5.41) is 5.89. The minimum atomic E-state index is -0.384. The summed E-state index contributed by atoms with van der Waals surface area (Å²) in [5.74, 6) is -0.110. The second-order valence-electron chi connectivity index (χ2n) is 4.78. The predicted octanol–water partition coefficient (Wildman–Crippen LogP) is 3.05. The minimum Gasteiger partial charge on any atom is -0.367 e. The zero-order chi connectivity index (χ0) is 13.9. The molecule has 0 radical (unpaired) electrons. The van der Waals surface area contributed by atoms with Crippen LogP contribution in [0.4, 0.5) is 15.9 Å². The van der Waals surface area contributed by atoms with Gasteiger partial charge in [0, 0.05) is 17.9 Å². The van der Waals surface area contributed by atoms with Gasteiger partial charge in [-0.1, -0.05) is 6.07 Å². The second-order valence-corrected chi connectivity index (χ2v) is 4.78. The molecular weight excluding hydrogens is 257 g/mol. The van der Waals surface area contributed by atoms with Crippen molar-refractivity contribution in [3.05, 3.63) is 54.0 Å². The quantitative estimate of drug-likeness (QED) is 0.898. The molecule has 5 heteroatoms. The van der Waals surface area contributed by atoms with E-state index in [1.54, 1.807) is 30.5 Å². The molecule has 4 nitrogen and oxygen atoms in total. The summed E-state index contributed by atoms with van der Waals surface area (Å²) >= 11 is 0. The molecule has 1 aliphatic carbocycles. The molecule has 1 amide bonds. The largest absolute Gasteiger partial charge is 0.367 e. The first-order chi connectivity index (χ1) is 9.72. The molecule has 0 saturated heterocycles. The first-order valence-electron chi connectivity index (χ1n) is 6.51. The van der Waals surface area contributed by atoms with Gasteiger partial charge in [-0.2, -0.15) is 0 Å². The molecule has 0 aliphatic heterocycles. The highest BCUT2D eigenvalue weighted by Crippen LogP contribution is 2.25. The molecule has 3 rings (SSSR count). The fourth-order valence-corrected chi connectivity index (χ4v) is 1.89. The van der Waals surface area contributed by atoms with Gasteiger partial charge in [0.05, 0.1) is 5.56 Å². The first-order valence-corrected chi connectivity index (χ1v) is 6.51. The van der Waals surface area contributed by atoms with Crippen LogP contribution in [0.25, 0.3) is 0 Å². The van der Waals surface area contributed by atoms with Crippen molar-refractivity contribution in [1.82, 2.24) is 4.98 Å². The SMILES string of the molecule is O=C(Nc1cccc(F)c1)c1cccnc1NC1CC1. The van der Waals surface area contributed by atoms with Crippen molar-refractivity contribution in [2.75, 3.05) is 10.6 Å². The fraction of sp³-hybridized carbons (Fsp3) is 0.200. The first kappa shape index (κ1) is 12.6. The molecule has 1 aliphatic rings. The van der Waals surface area contributed by atoms with Crippen molar-refractivity contribution in [3.8, 4) is 0 Å². The maximum absolute atomic E-state index is 13.1. The number of rotatable bonds is 4. The van der Waals surface area contributed by atoms with Gasteiger partial charge in [0.1, 0.15) is 11.6 Å². The number of nitrogens with zero attached hydrogens (tertiary/aromatic N) is 1. The second kappa shape index (κ2) is 5.28. The van der Waals surface area contributed by atoms with E-state index in [9.17, 15) is 9.18 Å². The van der Waals surface area contributed by atoms with Crippen LogP contribution in [0.15, 0.2) is 42.6 Å². The highest BCUT2D eigenvalue weighted by Gasteiger charge is 2.23. The number of benzene rings is 1. The number of nitrogens with one attached hydrogen (secondary N) is 2. The maximum Gasteiger partial charge on any atom is 0.259 e. The lowest BCUT2D eigenvalue weighted by molar-refractivity contribution is 0.102. The molecule has 20 heavy (non-hydrogen) atoms. The van der Waals surface area contributed by atoms with Crippen LogP contribution in [0.1, 0.15) is 23.2 Å². The number of carbonyl (C=O) groups excluding carboxylic acids is 1. The monoisotopic (exact) mass is 271 g/mol. The van der Waals surface area contributed by atoms with E-state index in [0.717, 1.165) is 12.8 Å². The molecule has 1 fully saturated rings. The highest BCUT2D eigenvalue weighted by atomic mass is 19.1. The van der Waals surface area contributed by atoms with Gasteiger partial charge in [-0.15, -0.1) is 0 Å². The smallest absolute Gasteiger partial charge is 0.259 e. The molecule has 0 unspecified atom stereocenters. The van der Waals surface area contributed by atoms with Gasteiger partial charge in [0.2, 0.25) is 0 Å². The van der Waals surface area contributed by atoms with E-state index in [0.29, 0.717) is 23.1 Å². The number of hydrogen-bond donors (Lipinski definition) is 2. The van der Waals surface area contributed by atoms with Crippen LogP contribution in [0.3, 0.4) is 0 Å². The number of halogens is 1.